The Kier molecular flexibility index (Phi) is 5.11. The van der Waals surface area contributed by atoms with Crippen molar-refractivity contribution in [3.63, 3.8) is 0 Å². The average molecular weight is 272 g/mol. The molecule has 0 aliphatic heterocycles. The van der Waals surface area contributed by atoms with Crippen LogP contribution in [0.2, 0.25) is 0 Å². The summed E-state index contributed by atoms with van der Waals surface area (Å²) in [5.41, 5.74) is 0. The minimum atomic E-state index is -1.32. The molecular weight excluding hydrogens is 256 g/mol. The fourth-order valence-electron chi connectivity index (χ4n) is 1.38. The second kappa shape index (κ2) is 6.36. The Morgan fingerprint density at radius 1 is 1.33 bits per heavy atom. The molecule has 0 aromatic carbocycles. The molecule has 0 aliphatic carbocycles. The number of carboxylic acid groups (broad SMARTS) is 1. The number of hydrogen-bond acceptors (Lipinski definition) is 4. The predicted molar refractivity (Wildman–Crippen MR) is 67.5 cm³/mol. The van der Waals surface area contributed by atoms with Gasteiger partial charge in [0.15, 0.2) is 6.04 Å². The predicted octanol–water partition coefficient (Wildman–Crippen LogP) is 0.942. The molecule has 4 N–H and O–H groups in total. The first-order chi connectivity index (χ1) is 8.41. The molecule has 0 radical (unpaired) electrons. The fourth-order valence-corrected chi connectivity index (χ4v) is 2.11. The monoisotopic (exact) mass is 272 g/mol. The van der Waals surface area contributed by atoms with Crippen LogP contribution in [0.4, 0.5) is 4.79 Å². The van der Waals surface area contributed by atoms with Gasteiger partial charge >= 0.3 is 12.0 Å². The summed E-state index contributed by atoms with van der Waals surface area (Å²) in [5, 5.41) is 24.8. The van der Waals surface area contributed by atoms with Gasteiger partial charge in [0.2, 0.25) is 0 Å². The normalized spacial score (nSPS) is 15.5. The highest BCUT2D eigenvalue weighted by Gasteiger charge is 2.25. The largest absolute Gasteiger partial charge is 0.480 e. The van der Waals surface area contributed by atoms with Gasteiger partial charge in [0.05, 0.1) is 12.1 Å². The lowest BCUT2D eigenvalue weighted by Gasteiger charge is -2.19. The van der Waals surface area contributed by atoms with Gasteiger partial charge in [-0.2, -0.15) is 0 Å². The van der Waals surface area contributed by atoms with Gasteiger partial charge in [-0.05, 0) is 25.3 Å². The van der Waals surface area contributed by atoms with E-state index in [1.54, 1.807) is 6.92 Å². The van der Waals surface area contributed by atoms with E-state index in [0.29, 0.717) is 0 Å². The molecule has 1 rings (SSSR count). The van der Waals surface area contributed by atoms with Crippen LogP contribution in [-0.4, -0.2) is 34.4 Å². The Balaban J connectivity index is 2.53. The van der Waals surface area contributed by atoms with E-state index < -0.39 is 24.1 Å². The van der Waals surface area contributed by atoms with Crippen molar-refractivity contribution in [2.75, 3.05) is 0 Å². The number of aliphatic carboxylic acids is 1. The van der Waals surface area contributed by atoms with Crippen molar-refractivity contribution in [1.82, 2.24) is 10.6 Å². The average Bonchev–Trinajstić information content (AvgIpc) is 2.78. The van der Waals surface area contributed by atoms with Crippen molar-refractivity contribution in [2.24, 2.45) is 0 Å². The molecule has 1 aromatic heterocycles. The van der Waals surface area contributed by atoms with Gasteiger partial charge in [-0.15, -0.1) is 11.3 Å². The topological polar surface area (TPSA) is 98.7 Å². The van der Waals surface area contributed by atoms with Crippen molar-refractivity contribution >= 4 is 23.3 Å². The van der Waals surface area contributed by atoms with Crippen LogP contribution in [0.25, 0.3) is 0 Å². The zero-order valence-corrected chi connectivity index (χ0v) is 10.9. The van der Waals surface area contributed by atoms with Gasteiger partial charge in [0.1, 0.15) is 0 Å². The quantitative estimate of drug-likeness (QED) is 0.641. The maximum atomic E-state index is 11.6. The molecular formula is C11H16N2O4S. The third-order valence-electron chi connectivity index (χ3n) is 2.35. The van der Waals surface area contributed by atoms with Crippen LogP contribution in [0.15, 0.2) is 17.5 Å². The third kappa shape index (κ3) is 4.01. The maximum Gasteiger partial charge on any atom is 0.328 e. The second-order valence-electron chi connectivity index (χ2n) is 3.91. The Labute approximate surface area is 109 Å². The summed E-state index contributed by atoms with van der Waals surface area (Å²) in [6.45, 7) is 3.10. The maximum absolute atomic E-state index is 11.6. The number of carbonyl (C=O) groups is 2. The number of aliphatic hydroxyl groups is 1. The summed E-state index contributed by atoms with van der Waals surface area (Å²) >= 11 is 1.50. The van der Waals surface area contributed by atoms with Crippen LogP contribution in [0.5, 0.6) is 0 Å². The zero-order chi connectivity index (χ0) is 13.7. The van der Waals surface area contributed by atoms with Crippen LogP contribution in [0.3, 0.4) is 0 Å². The highest BCUT2D eigenvalue weighted by Crippen LogP contribution is 2.17. The Morgan fingerprint density at radius 3 is 2.44 bits per heavy atom. The van der Waals surface area contributed by atoms with Gasteiger partial charge in [0, 0.05) is 4.88 Å². The molecule has 100 valence electrons. The highest BCUT2D eigenvalue weighted by atomic mass is 32.1. The summed E-state index contributed by atoms with van der Waals surface area (Å²) < 4.78 is 0. The van der Waals surface area contributed by atoms with E-state index in [1.807, 2.05) is 17.5 Å². The van der Waals surface area contributed by atoms with E-state index in [4.69, 9.17) is 5.11 Å². The number of nitrogens with one attached hydrogen (secondary N) is 2. The van der Waals surface area contributed by atoms with Crippen LogP contribution in [0, 0.1) is 0 Å². The number of rotatable bonds is 5. The zero-order valence-electron chi connectivity index (χ0n) is 10.1. The number of aliphatic hydroxyl groups excluding tert-OH is 1. The Bertz CT molecular complexity index is 405. The Hall–Kier alpha value is -1.60. The smallest absolute Gasteiger partial charge is 0.328 e. The molecule has 0 fully saturated rings. The first-order valence-electron chi connectivity index (χ1n) is 5.43. The standard InChI is InChI=1S/C11H16N2O4S/c1-6(8-4-3-5-18-8)12-11(17)13-9(7(2)14)10(15)16/h3-7,9,14H,1-2H3,(H,15,16)(H2,12,13,17). The minimum Gasteiger partial charge on any atom is -0.480 e. The molecule has 0 aliphatic rings. The fraction of sp³-hybridized carbons (Fsp3) is 0.455. The SMILES string of the molecule is CC(NC(=O)NC(C(=O)O)C(C)O)c1cccs1. The molecule has 6 nitrogen and oxygen atoms in total. The summed E-state index contributed by atoms with van der Waals surface area (Å²) in [6.07, 6.45) is -1.16. The molecule has 18 heavy (non-hydrogen) atoms. The number of carbonyl (C=O) groups excluding carboxylic acids is 1. The van der Waals surface area contributed by atoms with Crippen LogP contribution >= 0.6 is 11.3 Å². The third-order valence-corrected chi connectivity index (χ3v) is 3.41. The lowest BCUT2D eigenvalue weighted by Crippen LogP contribution is -2.51. The van der Waals surface area contributed by atoms with E-state index in [9.17, 15) is 14.7 Å². The van der Waals surface area contributed by atoms with Crippen molar-refractivity contribution in [2.45, 2.75) is 32.0 Å². The number of amides is 2. The van der Waals surface area contributed by atoms with Crippen molar-refractivity contribution in [3.05, 3.63) is 22.4 Å². The first kappa shape index (κ1) is 14.5. The number of thiophene rings is 1. The molecule has 3 atom stereocenters. The first-order valence-corrected chi connectivity index (χ1v) is 6.31. The van der Waals surface area contributed by atoms with Crippen LogP contribution < -0.4 is 10.6 Å². The highest BCUT2D eigenvalue weighted by molar-refractivity contribution is 7.10. The molecule has 0 bridgehead atoms. The van der Waals surface area contributed by atoms with Crippen LogP contribution in [0.1, 0.15) is 24.8 Å². The van der Waals surface area contributed by atoms with E-state index in [2.05, 4.69) is 10.6 Å². The van der Waals surface area contributed by atoms with Gasteiger partial charge in [-0.3, -0.25) is 0 Å². The van der Waals surface area contributed by atoms with E-state index in [1.165, 1.54) is 18.3 Å². The number of carboxylic acids is 1. The lowest BCUT2D eigenvalue weighted by atomic mass is 10.2. The molecule has 2 amide bonds. The summed E-state index contributed by atoms with van der Waals surface area (Å²) in [4.78, 5) is 23.3. The molecule has 0 saturated heterocycles. The van der Waals surface area contributed by atoms with Crippen molar-refractivity contribution in [3.8, 4) is 0 Å². The summed E-state index contributed by atoms with van der Waals surface area (Å²) in [6, 6.07) is 1.59. The van der Waals surface area contributed by atoms with Gasteiger partial charge in [-0.1, -0.05) is 6.07 Å². The van der Waals surface area contributed by atoms with E-state index in [-0.39, 0.29) is 6.04 Å². The van der Waals surface area contributed by atoms with Gasteiger partial charge < -0.3 is 20.8 Å². The molecule has 7 heteroatoms. The molecule has 1 heterocycles. The Morgan fingerprint density at radius 2 is 2.00 bits per heavy atom. The summed E-state index contributed by atoms with van der Waals surface area (Å²) in [5.74, 6) is -1.27. The minimum absolute atomic E-state index is 0.214. The number of urea groups is 1. The number of hydrogen-bond donors (Lipinski definition) is 4. The van der Waals surface area contributed by atoms with E-state index >= 15 is 0 Å². The van der Waals surface area contributed by atoms with Crippen molar-refractivity contribution in [1.29, 1.82) is 0 Å². The van der Waals surface area contributed by atoms with Gasteiger partial charge in [-0.25, -0.2) is 9.59 Å². The van der Waals surface area contributed by atoms with Gasteiger partial charge in [0.25, 0.3) is 0 Å². The summed E-state index contributed by atoms with van der Waals surface area (Å²) in [7, 11) is 0. The molecule has 0 spiro atoms. The molecule has 1 aromatic rings. The second-order valence-corrected chi connectivity index (χ2v) is 4.89. The lowest BCUT2D eigenvalue weighted by molar-refractivity contribution is -0.141. The van der Waals surface area contributed by atoms with Crippen LogP contribution in [-0.2, 0) is 4.79 Å². The van der Waals surface area contributed by atoms with Crippen molar-refractivity contribution < 1.29 is 19.8 Å². The molecule has 3 unspecified atom stereocenters. The van der Waals surface area contributed by atoms with E-state index in [0.717, 1.165) is 4.88 Å². The molecule has 0 saturated carbocycles.